The van der Waals surface area contributed by atoms with Gasteiger partial charge in [0, 0.05) is 38.8 Å². The normalized spacial score (nSPS) is 13.8. The molecule has 0 aliphatic heterocycles. The monoisotopic (exact) mass is 732 g/mol. The molecule has 0 bridgehead atoms. The van der Waals surface area contributed by atoms with Crippen LogP contribution in [0.15, 0.2) is 182 Å². The molecule has 4 nitrogen and oxygen atoms in total. The molecule has 2 aliphatic carbocycles. The molecule has 4 heteroatoms. The van der Waals surface area contributed by atoms with Crippen molar-refractivity contribution < 1.29 is 0 Å². The average Bonchev–Trinajstić information content (AvgIpc) is 3.53. The first-order chi connectivity index (χ1) is 28.0. The van der Waals surface area contributed by atoms with Crippen LogP contribution in [-0.2, 0) is 5.41 Å². The summed E-state index contributed by atoms with van der Waals surface area (Å²) in [6.45, 7) is 4.65. The lowest BCUT2D eigenvalue weighted by atomic mass is 9.82. The number of aromatic nitrogens is 4. The summed E-state index contributed by atoms with van der Waals surface area (Å²) in [4.78, 5) is 21.6. The van der Waals surface area contributed by atoms with Crippen LogP contribution in [0, 0.1) is 0 Å². The van der Waals surface area contributed by atoms with Crippen LogP contribution in [0.25, 0.3) is 84.4 Å². The molecular formula is C53H40N4. The summed E-state index contributed by atoms with van der Waals surface area (Å²) in [7, 11) is 0. The molecule has 0 unspecified atom stereocenters. The minimum Gasteiger partial charge on any atom is -0.243 e. The summed E-state index contributed by atoms with van der Waals surface area (Å²) in [5.41, 5.74) is 17.4. The Morgan fingerprint density at radius 1 is 0.421 bits per heavy atom. The van der Waals surface area contributed by atoms with Gasteiger partial charge in [0.1, 0.15) is 0 Å². The first kappa shape index (κ1) is 34.5. The topological polar surface area (TPSA) is 51.6 Å². The van der Waals surface area contributed by atoms with E-state index < -0.39 is 0 Å². The van der Waals surface area contributed by atoms with Crippen LogP contribution in [0.4, 0.5) is 0 Å². The first-order valence-electron chi connectivity index (χ1n) is 19.7. The number of allylic oxidation sites excluding steroid dienone is 4. The molecule has 0 radical (unpaired) electrons. The second-order valence-electron chi connectivity index (χ2n) is 15.3. The van der Waals surface area contributed by atoms with Gasteiger partial charge in [-0.2, -0.15) is 0 Å². The molecule has 0 saturated carbocycles. The van der Waals surface area contributed by atoms with Crippen molar-refractivity contribution in [3.05, 3.63) is 199 Å². The Labute approximate surface area is 334 Å². The third-order valence-electron chi connectivity index (χ3n) is 11.3. The molecule has 0 N–H and O–H groups in total. The Balaban J connectivity index is 1.20. The lowest BCUT2D eigenvalue weighted by molar-refractivity contribution is 0.660. The van der Waals surface area contributed by atoms with Crippen LogP contribution in [0.3, 0.4) is 0 Å². The molecule has 8 aromatic rings. The molecule has 2 aliphatic rings. The van der Waals surface area contributed by atoms with Gasteiger partial charge >= 0.3 is 0 Å². The molecule has 2 heterocycles. The predicted molar refractivity (Wildman–Crippen MR) is 234 cm³/mol. The van der Waals surface area contributed by atoms with Gasteiger partial charge in [-0.15, -0.1) is 0 Å². The third kappa shape index (κ3) is 6.20. The summed E-state index contributed by atoms with van der Waals surface area (Å²) in [5.74, 6) is 0.686. The maximum atomic E-state index is 5.72. The largest absolute Gasteiger partial charge is 0.243 e. The van der Waals surface area contributed by atoms with E-state index in [0.29, 0.717) is 5.82 Å². The average molecular weight is 733 g/mol. The van der Waals surface area contributed by atoms with E-state index >= 15 is 0 Å². The summed E-state index contributed by atoms with van der Waals surface area (Å²) >= 11 is 0. The van der Waals surface area contributed by atoms with Gasteiger partial charge in [0.15, 0.2) is 5.82 Å². The van der Waals surface area contributed by atoms with E-state index in [1.54, 1.807) is 0 Å². The van der Waals surface area contributed by atoms with Crippen molar-refractivity contribution in [2.75, 3.05) is 0 Å². The minimum atomic E-state index is -0.137. The molecule has 0 atom stereocenters. The van der Waals surface area contributed by atoms with Gasteiger partial charge in [-0.05, 0) is 52.8 Å². The second-order valence-corrected chi connectivity index (χ2v) is 15.3. The van der Waals surface area contributed by atoms with Gasteiger partial charge in [0.05, 0.1) is 34.2 Å². The molecule has 2 aromatic heterocycles. The maximum Gasteiger partial charge on any atom is 0.160 e. The highest BCUT2D eigenvalue weighted by atomic mass is 14.9. The van der Waals surface area contributed by atoms with Gasteiger partial charge in [-0.25, -0.2) is 19.9 Å². The number of hydrogen-bond donors (Lipinski definition) is 0. The summed E-state index contributed by atoms with van der Waals surface area (Å²) in [6.07, 6.45) is 8.73. The molecule has 0 spiro atoms. The van der Waals surface area contributed by atoms with Gasteiger partial charge in [0.25, 0.3) is 0 Å². The number of fused-ring (bicyclic) bond motifs is 3. The summed E-state index contributed by atoms with van der Waals surface area (Å²) in [5, 5.41) is 0. The van der Waals surface area contributed by atoms with Gasteiger partial charge < -0.3 is 0 Å². The van der Waals surface area contributed by atoms with Crippen LogP contribution in [-0.4, -0.2) is 19.9 Å². The predicted octanol–water partition coefficient (Wildman–Crippen LogP) is 13.3. The standard InChI is InChI=1S/C53H40N4/c1-53(2)43-31-16-15-29-41(43)47-42(30-18-32-44(47)53)51-49(37-23-11-5-12-24-37)56-50(48(57-51)36-21-9-4-10-22-36)40-28-17-27-39(33-40)46-34-45(35-19-7-3-8-20-35)54-52(55-46)38-25-13-6-14-26-38/h3,5-9,11-34H,4,10H2,1-2H3. The first-order valence-corrected chi connectivity index (χ1v) is 19.7. The van der Waals surface area contributed by atoms with Gasteiger partial charge in [-0.3, -0.25) is 0 Å². The van der Waals surface area contributed by atoms with Crippen molar-refractivity contribution >= 4 is 5.57 Å². The molecule has 10 rings (SSSR count). The zero-order valence-electron chi connectivity index (χ0n) is 32.0. The zero-order valence-corrected chi connectivity index (χ0v) is 32.0. The third-order valence-corrected chi connectivity index (χ3v) is 11.3. The van der Waals surface area contributed by atoms with E-state index in [1.165, 1.54) is 22.3 Å². The van der Waals surface area contributed by atoms with Crippen LogP contribution in [0.5, 0.6) is 0 Å². The maximum absolute atomic E-state index is 5.72. The van der Waals surface area contributed by atoms with E-state index in [0.717, 1.165) is 86.0 Å². The number of nitrogens with zero attached hydrogens (tertiary/aromatic N) is 4. The Bertz CT molecular complexity index is 2800. The Morgan fingerprint density at radius 3 is 1.72 bits per heavy atom. The highest BCUT2D eigenvalue weighted by molar-refractivity contribution is 5.96. The molecule has 0 amide bonds. The van der Waals surface area contributed by atoms with E-state index in [2.05, 4.69) is 159 Å². The van der Waals surface area contributed by atoms with E-state index in [1.807, 2.05) is 36.4 Å². The van der Waals surface area contributed by atoms with Crippen LogP contribution in [0.2, 0.25) is 0 Å². The fourth-order valence-electron chi connectivity index (χ4n) is 8.46. The van der Waals surface area contributed by atoms with Crippen LogP contribution < -0.4 is 0 Å². The zero-order chi connectivity index (χ0) is 38.3. The van der Waals surface area contributed by atoms with Crippen molar-refractivity contribution in [3.63, 3.8) is 0 Å². The lowest BCUT2D eigenvalue weighted by Crippen LogP contribution is -2.14. The summed E-state index contributed by atoms with van der Waals surface area (Å²) < 4.78 is 0. The molecule has 0 fully saturated rings. The number of hydrogen-bond acceptors (Lipinski definition) is 4. The van der Waals surface area contributed by atoms with Crippen molar-refractivity contribution in [2.24, 2.45) is 0 Å². The second kappa shape index (κ2) is 14.2. The number of rotatable bonds is 7. The molecule has 6 aromatic carbocycles. The van der Waals surface area contributed by atoms with Crippen molar-refractivity contribution in [3.8, 4) is 78.8 Å². The lowest BCUT2D eigenvalue weighted by Gasteiger charge is -2.22. The fourth-order valence-corrected chi connectivity index (χ4v) is 8.46. The van der Waals surface area contributed by atoms with Crippen molar-refractivity contribution in [1.82, 2.24) is 19.9 Å². The minimum absolute atomic E-state index is 0.137. The highest BCUT2D eigenvalue weighted by Crippen LogP contribution is 2.53. The molecular weight excluding hydrogens is 693 g/mol. The number of benzene rings is 6. The molecule has 57 heavy (non-hydrogen) atoms. The highest BCUT2D eigenvalue weighted by Gasteiger charge is 2.37. The smallest absolute Gasteiger partial charge is 0.160 e. The van der Waals surface area contributed by atoms with Gasteiger partial charge in [-0.1, -0.05) is 184 Å². The molecule has 272 valence electrons. The fraction of sp³-hybridized carbons (Fsp3) is 0.0943. The SMILES string of the molecule is CC1(C)c2ccccc2-c2c(-c3nc(C4=CCCC=C4)c(-c4cccc(-c5cc(-c6ccccc6)nc(-c6ccccc6)n5)c4)nc3-c3ccccc3)cccc21. The van der Waals surface area contributed by atoms with Crippen LogP contribution >= 0.6 is 0 Å². The summed E-state index contributed by atoms with van der Waals surface area (Å²) in [6, 6.07) is 57.2. The van der Waals surface area contributed by atoms with Crippen LogP contribution in [0.1, 0.15) is 43.5 Å². The van der Waals surface area contributed by atoms with E-state index in [9.17, 15) is 0 Å². The van der Waals surface area contributed by atoms with E-state index in [-0.39, 0.29) is 5.41 Å². The van der Waals surface area contributed by atoms with Crippen molar-refractivity contribution in [2.45, 2.75) is 32.1 Å². The van der Waals surface area contributed by atoms with E-state index in [4.69, 9.17) is 19.9 Å². The quantitative estimate of drug-likeness (QED) is 0.164. The Hall–Kier alpha value is -7.04. The Morgan fingerprint density at radius 2 is 0.982 bits per heavy atom. The van der Waals surface area contributed by atoms with Gasteiger partial charge in [0.2, 0.25) is 0 Å². The van der Waals surface area contributed by atoms with Crippen molar-refractivity contribution in [1.29, 1.82) is 0 Å². The molecule has 0 saturated heterocycles. The Kier molecular flexibility index (Phi) is 8.60.